The van der Waals surface area contributed by atoms with Gasteiger partial charge in [-0.05, 0) is 44.9 Å². The first-order valence-corrected chi connectivity index (χ1v) is 17.1. The summed E-state index contributed by atoms with van der Waals surface area (Å²) in [5.74, 6) is -0.847. The van der Waals surface area contributed by atoms with E-state index < -0.39 is 55.4 Å². The van der Waals surface area contributed by atoms with Crippen molar-refractivity contribution in [1.29, 1.82) is 0 Å². The first kappa shape index (κ1) is 40.9. The predicted molar refractivity (Wildman–Crippen MR) is 173 cm³/mol. The average molecular weight is 641 g/mol. The fourth-order valence-electron chi connectivity index (χ4n) is 4.79. The molecule has 1 saturated heterocycles. The van der Waals surface area contributed by atoms with Gasteiger partial charge in [-0.1, -0.05) is 95.2 Å². The van der Waals surface area contributed by atoms with E-state index in [1.54, 1.807) is 0 Å². The van der Waals surface area contributed by atoms with E-state index in [9.17, 15) is 30.0 Å². The van der Waals surface area contributed by atoms with Crippen LogP contribution in [0.3, 0.4) is 0 Å². The summed E-state index contributed by atoms with van der Waals surface area (Å²) in [5.41, 5.74) is 0. The Balaban J connectivity index is 2.41. The Labute approximate surface area is 270 Å². The van der Waals surface area contributed by atoms with Crippen LogP contribution in [0.15, 0.2) is 36.5 Å². The second-order valence-electron chi connectivity index (χ2n) is 11.6. The van der Waals surface area contributed by atoms with Crippen molar-refractivity contribution in [3.63, 3.8) is 0 Å². The number of esters is 2. The second-order valence-corrected chi connectivity index (χ2v) is 11.6. The second kappa shape index (κ2) is 27.1. The number of carbonyl (C=O) groups excluding carboxylic acids is 2. The first-order chi connectivity index (χ1) is 21.8. The molecule has 260 valence electrons. The van der Waals surface area contributed by atoms with Crippen molar-refractivity contribution < 1.29 is 49.0 Å². The van der Waals surface area contributed by atoms with E-state index in [2.05, 4.69) is 50.3 Å². The molecule has 6 atom stereocenters. The number of unbranched alkanes of at least 4 members (excludes halogenated alkanes) is 9. The van der Waals surface area contributed by atoms with Crippen molar-refractivity contribution in [2.75, 3.05) is 19.8 Å². The minimum Gasteiger partial charge on any atom is -0.462 e. The highest BCUT2D eigenvalue weighted by atomic mass is 16.7. The molecule has 4 N–H and O–H groups in total. The Bertz CT molecular complexity index is 840. The fraction of sp³-hybridized carbons (Fsp3) is 0.771. The van der Waals surface area contributed by atoms with Crippen LogP contribution in [-0.4, -0.2) is 89.0 Å². The normalized spacial score (nSPS) is 22.8. The van der Waals surface area contributed by atoms with E-state index in [4.69, 9.17) is 18.9 Å². The number of rotatable bonds is 26. The van der Waals surface area contributed by atoms with Crippen LogP contribution in [0.2, 0.25) is 0 Å². The van der Waals surface area contributed by atoms with Crippen molar-refractivity contribution in [2.45, 2.75) is 153 Å². The molecule has 1 fully saturated rings. The number of aliphatic hydroxyl groups excluding tert-OH is 4. The van der Waals surface area contributed by atoms with E-state index >= 15 is 0 Å². The maximum Gasteiger partial charge on any atom is 0.306 e. The topological polar surface area (TPSA) is 152 Å². The molecule has 1 heterocycles. The highest BCUT2D eigenvalue weighted by Gasteiger charge is 2.44. The molecule has 0 aromatic rings. The summed E-state index contributed by atoms with van der Waals surface area (Å²) in [6.45, 7) is 3.15. The van der Waals surface area contributed by atoms with E-state index in [-0.39, 0.29) is 26.1 Å². The van der Waals surface area contributed by atoms with E-state index in [0.717, 1.165) is 83.5 Å². The van der Waals surface area contributed by atoms with Crippen molar-refractivity contribution in [1.82, 2.24) is 0 Å². The van der Waals surface area contributed by atoms with Crippen molar-refractivity contribution in [3.05, 3.63) is 36.5 Å². The molecule has 0 aromatic carbocycles. The van der Waals surface area contributed by atoms with Crippen molar-refractivity contribution in [2.24, 2.45) is 0 Å². The molecule has 0 aliphatic carbocycles. The maximum absolute atomic E-state index is 12.6. The zero-order valence-corrected chi connectivity index (χ0v) is 27.6. The predicted octanol–water partition coefficient (Wildman–Crippen LogP) is 5.21. The summed E-state index contributed by atoms with van der Waals surface area (Å²) < 4.78 is 21.8. The monoisotopic (exact) mass is 640 g/mol. The van der Waals surface area contributed by atoms with Crippen LogP contribution in [0.5, 0.6) is 0 Å². The van der Waals surface area contributed by atoms with Gasteiger partial charge in [0.25, 0.3) is 0 Å². The van der Waals surface area contributed by atoms with E-state index in [0.29, 0.717) is 6.42 Å². The summed E-state index contributed by atoms with van der Waals surface area (Å²) >= 11 is 0. The molecule has 10 heteroatoms. The molecule has 0 amide bonds. The van der Waals surface area contributed by atoms with Gasteiger partial charge in [-0.15, -0.1) is 0 Å². The van der Waals surface area contributed by atoms with Gasteiger partial charge in [0.2, 0.25) is 0 Å². The van der Waals surface area contributed by atoms with Crippen LogP contribution < -0.4 is 0 Å². The molecule has 0 saturated carbocycles. The SMILES string of the molecule is CC/C=C\C/C=C\C/C=C\CCCCCCCC(=O)OC(COC(=O)CCCCCCC)CO[C@@H]1O[C@H](CO)[C@@H](O)[C@H](O)[C@H]1O. The van der Waals surface area contributed by atoms with Gasteiger partial charge in [0, 0.05) is 12.8 Å². The maximum atomic E-state index is 12.6. The highest BCUT2D eigenvalue weighted by molar-refractivity contribution is 5.70. The number of hydrogen-bond donors (Lipinski definition) is 4. The van der Waals surface area contributed by atoms with Gasteiger partial charge in [0.15, 0.2) is 12.4 Å². The molecule has 10 nitrogen and oxygen atoms in total. The molecular weight excluding hydrogens is 580 g/mol. The number of allylic oxidation sites excluding steroid dienone is 6. The van der Waals surface area contributed by atoms with Gasteiger partial charge < -0.3 is 39.4 Å². The van der Waals surface area contributed by atoms with Gasteiger partial charge in [0.1, 0.15) is 31.0 Å². The summed E-state index contributed by atoms with van der Waals surface area (Å²) in [6.07, 6.45) is 19.2. The lowest BCUT2D eigenvalue weighted by molar-refractivity contribution is -0.305. The Morgan fingerprint density at radius 2 is 1.31 bits per heavy atom. The minimum atomic E-state index is -1.59. The van der Waals surface area contributed by atoms with Crippen LogP contribution >= 0.6 is 0 Å². The van der Waals surface area contributed by atoms with Gasteiger partial charge >= 0.3 is 11.9 Å². The number of carbonyl (C=O) groups is 2. The lowest BCUT2D eigenvalue weighted by Crippen LogP contribution is -2.59. The minimum absolute atomic E-state index is 0.210. The van der Waals surface area contributed by atoms with Crippen LogP contribution in [0.1, 0.15) is 117 Å². The third-order valence-corrected chi connectivity index (χ3v) is 7.54. The standard InChI is InChI=1S/C35H60O10/c1-3-5-7-9-10-11-12-13-14-15-16-17-18-20-22-24-31(38)44-28(26-42-30(37)23-21-19-8-6-4-2)27-43-35-34(41)33(40)32(39)29(25-36)45-35/h5,7,10-11,13-14,28-29,32-36,39-41H,3-4,6,8-9,12,15-27H2,1-2H3/b7-5-,11-10-,14-13-/t28?,29-,32-,33+,34-,35-/m1/s1. The van der Waals surface area contributed by atoms with Gasteiger partial charge in [-0.2, -0.15) is 0 Å². The largest absolute Gasteiger partial charge is 0.462 e. The molecule has 1 aliphatic heterocycles. The third kappa shape index (κ3) is 19.9. The summed E-state index contributed by atoms with van der Waals surface area (Å²) in [6, 6.07) is 0. The third-order valence-electron chi connectivity index (χ3n) is 7.54. The average Bonchev–Trinajstić information content (AvgIpc) is 3.03. The van der Waals surface area contributed by atoms with Crippen LogP contribution in [0, 0.1) is 0 Å². The molecule has 0 bridgehead atoms. The summed E-state index contributed by atoms with van der Waals surface area (Å²) in [7, 11) is 0. The van der Waals surface area contributed by atoms with Gasteiger partial charge in [-0.25, -0.2) is 0 Å². The first-order valence-electron chi connectivity index (χ1n) is 17.1. The van der Waals surface area contributed by atoms with Crippen molar-refractivity contribution in [3.8, 4) is 0 Å². The molecule has 0 radical (unpaired) electrons. The fourth-order valence-corrected chi connectivity index (χ4v) is 4.79. The number of hydrogen-bond acceptors (Lipinski definition) is 10. The quantitative estimate of drug-likeness (QED) is 0.0563. The molecule has 1 aliphatic rings. The molecule has 1 unspecified atom stereocenters. The van der Waals surface area contributed by atoms with Crippen molar-refractivity contribution >= 4 is 11.9 Å². The lowest BCUT2D eigenvalue weighted by atomic mass is 9.99. The smallest absolute Gasteiger partial charge is 0.306 e. The Hall–Kier alpha value is -2.08. The van der Waals surface area contributed by atoms with Crippen LogP contribution in [0.25, 0.3) is 0 Å². The lowest BCUT2D eigenvalue weighted by Gasteiger charge is -2.39. The van der Waals surface area contributed by atoms with Gasteiger partial charge in [0.05, 0.1) is 13.2 Å². The molecule has 1 rings (SSSR count). The van der Waals surface area contributed by atoms with E-state index in [1.807, 2.05) is 0 Å². The zero-order valence-electron chi connectivity index (χ0n) is 27.6. The highest BCUT2D eigenvalue weighted by Crippen LogP contribution is 2.22. The summed E-state index contributed by atoms with van der Waals surface area (Å²) in [5, 5.41) is 39.7. The molecule has 0 aromatic heterocycles. The summed E-state index contributed by atoms with van der Waals surface area (Å²) in [4.78, 5) is 24.8. The Morgan fingerprint density at radius 3 is 1.98 bits per heavy atom. The number of ether oxygens (including phenoxy) is 4. The molecular formula is C35H60O10. The van der Waals surface area contributed by atoms with Crippen LogP contribution in [-0.2, 0) is 28.5 Å². The number of aliphatic hydroxyl groups is 4. The van der Waals surface area contributed by atoms with E-state index in [1.165, 1.54) is 0 Å². The van der Waals surface area contributed by atoms with Gasteiger partial charge in [-0.3, -0.25) is 9.59 Å². The molecule has 45 heavy (non-hydrogen) atoms. The molecule has 0 spiro atoms. The zero-order chi connectivity index (χ0) is 33.1. The Kier molecular flexibility index (Phi) is 24.6. The van der Waals surface area contributed by atoms with Crippen LogP contribution in [0.4, 0.5) is 0 Å². The Morgan fingerprint density at radius 1 is 0.711 bits per heavy atom.